The predicted molar refractivity (Wildman–Crippen MR) is 83.9 cm³/mol. The molecule has 2 unspecified atom stereocenters. The Kier molecular flexibility index (Phi) is 3.84. The second-order valence-electron chi connectivity index (χ2n) is 8.26. The molecule has 0 spiro atoms. The molecule has 1 N–H and O–H groups in total. The van der Waals surface area contributed by atoms with Crippen LogP contribution >= 0.6 is 0 Å². The van der Waals surface area contributed by atoms with Crippen LogP contribution in [0.2, 0.25) is 0 Å². The summed E-state index contributed by atoms with van der Waals surface area (Å²) in [6.45, 7) is 6.14. The minimum atomic E-state index is -0.684. The Morgan fingerprint density at radius 1 is 1.24 bits per heavy atom. The van der Waals surface area contributed by atoms with E-state index in [9.17, 15) is 4.79 Å². The van der Waals surface area contributed by atoms with Gasteiger partial charge in [-0.3, -0.25) is 4.79 Å². The third-order valence-corrected chi connectivity index (χ3v) is 6.96. The van der Waals surface area contributed by atoms with Crippen LogP contribution in [0.1, 0.15) is 65.7 Å². The number of hydrogen-bond acceptors (Lipinski definition) is 2. The lowest BCUT2D eigenvalue weighted by molar-refractivity contribution is -0.146. The summed E-state index contributed by atoms with van der Waals surface area (Å²) in [4.78, 5) is 12.6. The standard InChI is InChI=1S/C18H31NO2/c1-5-17(3,21-4)16(20)19-12(2)18-9-13-6-14(10-18)8-15(7-13)11-18/h12-15H,5-11H2,1-4H3,(H,19,20). The molecule has 0 aromatic carbocycles. The number of hydrogen-bond donors (Lipinski definition) is 1. The molecule has 3 heteroatoms. The molecular weight excluding hydrogens is 262 g/mol. The third kappa shape index (κ3) is 2.52. The van der Waals surface area contributed by atoms with Gasteiger partial charge in [0.15, 0.2) is 0 Å². The van der Waals surface area contributed by atoms with Gasteiger partial charge in [-0.2, -0.15) is 0 Å². The van der Waals surface area contributed by atoms with Crippen LogP contribution in [0.5, 0.6) is 0 Å². The number of carbonyl (C=O) groups excluding carboxylic acids is 1. The predicted octanol–water partition coefficient (Wildman–Crippen LogP) is 3.52. The van der Waals surface area contributed by atoms with Crippen molar-refractivity contribution in [3.63, 3.8) is 0 Å². The fraction of sp³-hybridized carbons (Fsp3) is 0.944. The molecule has 3 nitrogen and oxygen atoms in total. The molecule has 21 heavy (non-hydrogen) atoms. The molecule has 120 valence electrons. The van der Waals surface area contributed by atoms with Crippen molar-refractivity contribution in [1.82, 2.24) is 5.32 Å². The van der Waals surface area contributed by atoms with Crippen molar-refractivity contribution in [2.24, 2.45) is 23.2 Å². The summed E-state index contributed by atoms with van der Waals surface area (Å²) in [6.07, 6.45) is 9.05. The largest absolute Gasteiger partial charge is 0.369 e. The smallest absolute Gasteiger partial charge is 0.252 e. The van der Waals surface area contributed by atoms with Gasteiger partial charge in [-0.05, 0) is 82.0 Å². The summed E-state index contributed by atoms with van der Waals surface area (Å²) in [5.74, 6) is 2.84. The summed E-state index contributed by atoms with van der Waals surface area (Å²) < 4.78 is 5.46. The molecule has 2 atom stereocenters. The Morgan fingerprint density at radius 2 is 1.71 bits per heavy atom. The molecule has 1 amide bonds. The van der Waals surface area contributed by atoms with E-state index >= 15 is 0 Å². The second kappa shape index (κ2) is 5.26. The summed E-state index contributed by atoms with van der Waals surface area (Å²) >= 11 is 0. The van der Waals surface area contributed by atoms with E-state index in [0.717, 1.165) is 17.8 Å². The van der Waals surface area contributed by atoms with Crippen molar-refractivity contribution in [1.29, 1.82) is 0 Å². The second-order valence-corrected chi connectivity index (χ2v) is 8.26. The normalized spacial score (nSPS) is 41.6. The van der Waals surface area contributed by atoms with Crippen LogP contribution in [0.25, 0.3) is 0 Å². The van der Waals surface area contributed by atoms with Crippen molar-refractivity contribution in [3.05, 3.63) is 0 Å². The maximum Gasteiger partial charge on any atom is 0.252 e. The molecule has 4 aliphatic carbocycles. The van der Waals surface area contributed by atoms with Gasteiger partial charge in [-0.15, -0.1) is 0 Å². The number of carbonyl (C=O) groups is 1. The van der Waals surface area contributed by atoms with Crippen molar-refractivity contribution in [2.45, 2.75) is 77.4 Å². The van der Waals surface area contributed by atoms with Crippen LogP contribution in [0, 0.1) is 23.2 Å². The zero-order valence-corrected chi connectivity index (χ0v) is 14.1. The van der Waals surface area contributed by atoms with E-state index in [1.807, 2.05) is 13.8 Å². The Morgan fingerprint density at radius 3 is 2.10 bits per heavy atom. The minimum Gasteiger partial charge on any atom is -0.369 e. The molecule has 0 radical (unpaired) electrons. The SMILES string of the molecule is CCC(C)(OC)C(=O)NC(C)C12CC3CC(CC(C3)C1)C2. The number of amides is 1. The number of rotatable bonds is 5. The van der Waals surface area contributed by atoms with Crippen molar-refractivity contribution in [3.8, 4) is 0 Å². The Bertz CT molecular complexity index is 378. The van der Waals surface area contributed by atoms with Crippen LogP contribution in [0.4, 0.5) is 0 Å². The minimum absolute atomic E-state index is 0.0655. The van der Waals surface area contributed by atoms with Crippen LogP contribution < -0.4 is 5.32 Å². The zero-order valence-electron chi connectivity index (χ0n) is 14.1. The first kappa shape index (κ1) is 15.3. The van der Waals surface area contributed by atoms with E-state index in [1.165, 1.54) is 38.5 Å². The van der Waals surface area contributed by atoms with E-state index < -0.39 is 5.60 Å². The molecular formula is C18H31NO2. The lowest BCUT2D eigenvalue weighted by Crippen LogP contribution is -2.58. The van der Waals surface area contributed by atoms with Crippen molar-refractivity contribution >= 4 is 5.91 Å². The first-order chi connectivity index (χ1) is 9.90. The van der Waals surface area contributed by atoms with Crippen LogP contribution in [0.15, 0.2) is 0 Å². The monoisotopic (exact) mass is 293 g/mol. The highest BCUT2D eigenvalue weighted by Crippen LogP contribution is 2.61. The molecule has 0 aromatic heterocycles. The van der Waals surface area contributed by atoms with Gasteiger partial charge in [-0.25, -0.2) is 0 Å². The molecule has 4 saturated carbocycles. The molecule has 4 rings (SSSR count). The van der Waals surface area contributed by atoms with Crippen LogP contribution in [-0.2, 0) is 9.53 Å². The number of nitrogens with one attached hydrogen (secondary N) is 1. The molecule has 0 saturated heterocycles. The molecule has 0 aliphatic heterocycles. The van der Waals surface area contributed by atoms with Crippen molar-refractivity contribution in [2.75, 3.05) is 7.11 Å². The maximum atomic E-state index is 12.6. The Balaban J connectivity index is 1.71. The molecule has 4 bridgehead atoms. The van der Waals surface area contributed by atoms with E-state index in [0.29, 0.717) is 11.8 Å². The number of methoxy groups -OCH3 is 1. The summed E-state index contributed by atoms with van der Waals surface area (Å²) in [5.41, 5.74) is -0.316. The molecule has 0 heterocycles. The highest BCUT2D eigenvalue weighted by atomic mass is 16.5. The summed E-state index contributed by atoms with van der Waals surface area (Å²) in [7, 11) is 1.64. The molecule has 4 fully saturated rings. The van der Waals surface area contributed by atoms with Crippen molar-refractivity contribution < 1.29 is 9.53 Å². The first-order valence-electron chi connectivity index (χ1n) is 8.77. The quantitative estimate of drug-likeness (QED) is 0.842. The topological polar surface area (TPSA) is 38.3 Å². The van der Waals surface area contributed by atoms with E-state index in [1.54, 1.807) is 7.11 Å². The van der Waals surface area contributed by atoms with E-state index in [2.05, 4.69) is 12.2 Å². The molecule has 0 aromatic rings. The average molecular weight is 293 g/mol. The van der Waals surface area contributed by atoms with Gasteiger partial charge >= 0.3 is 0 Å². The average Bonchev–Trinajstić information content (AvgIpc) is 2.44. The van der Waals surface area contributed by atoms with Crippen LogP contribution in [-0.4, -0.2) is 24.7 Å². The van der Waals surface area contributed by atoms with Gasteiger partial charge in [0.2, 0.25) is 0 Å². The third-order valence-electron chi connectivity index (χ3n) is 6.96. The highest BCUT2D eigenvalue weighted by Gasteiger charge is 2.53. The fourth-order valence-corrected chi connectivity index (χ4v) is 5.61. The van der Waals surface area contributed by atoms with E-state index in [-0.39, 0.29) is 11.9 Å². The van der Waals surface area contributed by atoms with Gasteiger partial charge in [0.1, 0.15) is 5.60 Å². The lowest BCUT2D eigenvalue weighted by atomic mass is 9.48. The highest BCUT2D eigenvalue weighted by molar-refractivity contribution is 5.85. The molecule has 4 aliphatic rings. The van der Waals surface area contributed by atoms with Gasteiger partial charge in [0.25, 0.3) is 5.91 Å². The Labute approximate surface area is 129 Å². The van der Waals surface area contributed by atoms with E-state index in [4.69, 9.17) is 4.74 Å². The van der Waals surface area contributed by atoms with Gasteiger partial charge in [0, 0.05) is 13.2 Å². The lowest BCUT2D eigenvalue weighted by Gasteiger charge is -2.59. The van der Waals surface area contributed by atoms with Gasteiger partial charge in [0.05, 0.1) is 0 Å². The van der Waals surface area contributed by atoms with Gasteiger partial charge in [-0.1, -0.05) is 6.92 Å². The first-order valence-corrected chi connectivity index (χ1v) is 8.77. The Hall–Kier alpha value is -0.570. The van der Waals surface area contributed by atoms with Crippen LogP contribution in [0.3, 0.4) is 0 Å². The zero-order chi connectivity index (χ0) is 15.3. The van der Waals surface area contributed by atoms with Gasteiger partial charge < -0.3 is 10.1 Å². The summed E-state index contributed by atoms with van der Waals surface area (Å²) in [5, 5.41) is 3.32. The number of ether oxygens (including phenoxy) is 1. The maximum absolute atomic E-state index is 12.6. The summed E-state index contributed by atoms with van der Waals surface area (Å²) in [6, 6.07) is 0.277. The fourth-order valence-electron chi connectivity index (χ4n) is 5.61.